The molecular formula is C9H11N3O4. The highest BCUT2D eigenvalue weighted by molar-refractivity contribution is 5.60. The summed E-state index contributed by atoms with van der Waals surface area (Å²) in [6.07, 6.45) is 0. The van der Waals surface area contributed by atoms with Crippen LogP contribution in [0.4, 0.5) is 11.5 Å². The SMILES string of the molecule is O=c1ccc([N+](=O)[O-])c2n1CCN2CCO. The van der Waals surface area contributed by atoms with Crippen LogP contribution in [0.25, 0.3) is 0 Å². The Hall–Kier alpha value is -1.89. The average molecular weight is 225 g/mol. The minimum absolute atomic E-state index is 0.0921. The molecule has 0 saturated carbocycles. The molecule has 7 nitrogen and oxygen atoms in total. The van der Waals surface area contributed by atoms with Gasteiger partial charge >= 0.3 is 5.69 Å². The van der Waals surface area contributed by atoms with Gasteiger partial charge in [-0.15, -0.1) is 0 Å². The fourth-order valence-corrected chi connectivity index (χ4v) is 1.91. The maximum Gasteiger partial charge on any atom is 0.310 e. The van der Waals surface area contributed by atoms with Gasteiger partial charge in [0.15, 0.2) is 5.82 Å². The lowest BCUT2D eigenvalue weighted by atomic mass is 10.3. The predicted molar refractivity (Wildman–Crippen MR) is 56.7 cm³/mol. The highest BCUT2D eigenvalue weighted by Gasteiger charge is 2.28. The van der Waals surface area contributed by atoms with Crippen LogP contribution >= 0.6 is 0 Å². The molecule has 2 heterocycles. The molecule has 0 saturated heterocycles. The smallest absolute Gasteiger partial charge is 0.310 e. The number of rotatable bonds is 3. The van der Waals surface area contributed by atoms with E-state index < -0.39 is 4.92 Å². The molecule has 86 valence electrons. The molecule has 0 aromatic carbocycles. The molecular weight excluding hydrogens is 214 g/mol. The molecule has 2 rings (SSSR count). The number of aliphatic hydroxyl groups is 1. The quantitative estimate of drug-likeness (QED) is 0.557. The first kappa shape index (κ1) is 10.6. The molecule has 1 aliphatic rings. The fraction of sp³-hybridized carbons (Fsp3) is 0.444. The second-order valence-electron chi connectivity index (χ2n) is 3.50. The highest BCUT2D eigenvalue weighted by atomic mass is 16.6. The van der Waals surface area contributed by atoms with Gasteiger partial charge in [-0.3, -0.25) is 19.5 Å². The Morgan fingerprint density at radius 2 is 2.19 bits per heavy atom. The van der Waals surface area contributed by atoms with E-state index in [0.29, 0.717) is 25.5 Å². The van der Waals surface area contributed by atoms with Gasteiger partial charge < -0.3 is 10.0 Å². The van der Waals surface area contributed by atoms with Gasteiger partial charge in [0, 0.05) is 31.8 Å². The number of aromatic nitrogens is 1. The number of nitro groups is 1. The number of hydrogen-bond acceptors (Lipinski definition) is 5. The van der Waals surface area contributed by atoms with Crippen LogP contribution in [0.2, 0.25) is 0 Å². The zero-order valence-electron chi connectivity index (χ0n) is 8.50. The molecule has 1 aliphatic heterocycles. The topological polar surface area (TPSA) is 88.6 Å². The van der Waals surface area contributed by atoms with E-state index in [1.165, 1.54) is 16.7 Å². The van der Waals surface area contributed by atoms with E-state index in [-0.39, 0.29) is 17.9 Å². The molecule has 1 aromatic heterocycles. The van der Waals surface area contributed by atoms with E-state index in [2.05, 4.69) is 0 Å². The standard InChI is InChI=1S/C9H11N3O4/c13-6-5-10-3-4-11-8(14)2-1-7(9(10)11)12(15)16/h1-2,13H,3-6H2. The van der Waals surface area contributed by atoms with Gasteiger partial charge in [-0.25, -0.2) is 0 Å². The Bertz CT molecular complexity index is 482. The first-order chi connectivity index (χ1) is 7.65. The number of nitrogens with zero attached hydrogens (tertiary/aromatic N) is 3. The van der Waals surface area contributed by atoms with Crippen molar-refractivity contribution in [1.82, 2.24) is 4.57 Å². The summed E-state index contributed by atoms with van der Waals surface area (Å²) in [4.78, 5) is 23.4. The Morgan fingerprint density at radius 3 is 2.81 bits per heavy atom. The van der Waals surface area contributed by atoms with Crippen molar-refractivity contribution in [2.24, 2.45) is 0 Å². The lowest BCUT2D eigenvalue weighted by Gasteiger charge is -2.15. The van der Waals surface area contributed by atoms with Crippen LogP contribution in [0.5, 0.6) is 0 Å². The van der Waals surface area contributed by atoms with E-state index in [0.717, 1.165) is 0 Å². The Balaban J connectivity index is 2.56. The normalized spacial score (nSPS) is 13.9. The summed E-state index contributed by atoms with van der Waals surface area (Å²) in [6.45, 7) is 1.14. The van der Waals surface area contributed by atoms with Crippen LogP contribution in [0.3, 0.4) is 0 Å². The minimum Gasteiger partial charge on any atom is -0.395 e. The summed E-state index contributed by atoms with van der Waals surface area (Å²) < 4.78 is 1.37. The van der Waals surface area contributed by atoms with Gasteiger partial charge in [-0.2, -0.15) is 0 Å². The first-order valence-electron chi connectivity index (χ1n) is 4.89. The van der Waals surface area contributed by atoms with E-state index in [1.807, 2.05) is 0 Å². The summed E-state index contributed by atoms with van der Waals surface area (Å²) in [7, 11) is 0. The molecule has 0 unspecified atom stereocenters. The molecule has 0 amide bonds. The molecule has 0 fully saturated rings. The summed E-state index contributed by atoms with van der Waals surface area (Å²) in [5.41, 5.74) is -0.341. The van der Waals surface area contributed by atoms with Crippen molar-refractivity contribution in [2.45, 2.75) is 6.54 Å². The summed E-state index contributed by atoms with van der Waals surface area (Å²) in [6, 6.07) is 2.41. The van der Waals surface area contributed by atoms with E-state index in [9.17, 15) is 14.9 Å². The highest BCUT2D eigenvalue weighted by Crippen LogP contribution is 2.29. The zero-order valence-corrected chi connectivity index (χ0v) is 8.50. The van der Waals surface area contributed by atoms with Gasteiger partial charge in [0.1, 0.15) is 0 Å². The largest absolute Gasteiger partial charge is 0.395 e. The Morgan fingerprint density at radius 1 is 1.44 bits per heavy atom. The van der Waals surface area contributed by atoms with Crippen molar-refractivity contribution in [3.05, 3.63) is 32.6 Å². The van der Waals surface area contributed by atoms with Crippen molar-refractivity contribution in [2.75, 3.05) is 24.6 Å². The first-order valence-corrected chi connectivity index (χ1v) is 4.89. The third kappa shape index (κ3) is 1.54. The average Bonchev–Trinajstić information content (AvgIpc) is 2.64. The minimum atomic E-state index is -0.513. The van der Waals surface area contributed by atoms with Crippen molar-refractivity contribution in [3.8, 4) is 0 Å². The molecule has 0 spiro atoms. The van der Waals surface area contributed by atoms with Gasteiger partial charge in [0.05, 0.1) is 11.5 Å². The predicted octanol–water partition coefficient (Wildman–Crippen LogP) is -0.431. The molecule has 0 radical (unpaired) electrons. The molecule has 0 atom stereocenters. The van der Waals surface area contributed by atoms with Crippen molar-refractivity contribution in [3.63, 3.8) is 0 Å². The van der Waals surface area contributed by atoms with Crippen LogP contribution in [0, 0.1) is 10.1 Å². The molecule has 0 aliphatic carbocycles. The lowest BCUT2D eigenvalue weighted by molar-refractivity contribution is -0.384. The van der Waals surface area contributed by atoms with Crippen molar-refractivity contribution in [1.29, 1.82) is 0 Å². The second kappa shape index (κ2) is 3.93. The van der Waals surface area contributed by atoms with Crippen LogP contribution in [-0.4, -0.2) is 34.3 Å². The Kier molecular flexibility index (Phi) is 2.61. The number of anilines is 1. The van der Waals surface area contributed by atoms with Gasteiger partial charge in [0.25, 0.3) is 5.56 Å². The number of hydrogen-bond donors (Lipinski definition) is 1. The van der Waals surface area contributed by atoms with Crippen LogP contribution in [0.1, 0.15) is 0 Å². The van der Waals surface area contributed by atoms with Crippen LogP contribution < -0.4 is 10.5 Å². The molecule has 7 heteroatoms. The van der Waals surface area contributed by atoms with Gasteiger partial charge in [-0.05, 0) is 0 Å². The zero-order chi connectivity index (χ0) is 11.7. The monoisotopic (exact) mass is 225 g/mol. The number of β-amino-alcohol motifs (C(OH)–C–C–N with tert-alkyl or cyclic N) is 1. The fourth-order valence-electron chi connectivity index (χ4n) is 1.91. The molecule has 1 aromatic rings. The van der Waals surface area contributed by atoms with Crippen molar-refractivity contribution >= 4 is 11.5 Å². The van der Waals surface area contributed by atoms with Gasteiger partial charge in [-0.1, -0.05) is 0 Å². The number of pyridine rings is 1. The summed E-state index contributed by atoms with van der Waals surface area (Å²) in [5.74, 6) is 0.298. The number of fused-ring (bicyclic) bond motifs is 1. The molecule has 1 N–H and O–H groups in total. The third-order valence-corrected chi connectivity index (χ3v) is 2.59. The summed E-state index contributed by atoms with van der Waals surface area (Å²) >= 11 is 0. The molecule has 16 heavy (non-hydrogen) atoms. The van der Waals surface area contributed by atoms with E-state index in [4.69, 9.17) is 5.11 Å². The second-order valence-corrected chi connectivity index (χ2v) is 3.50. The summed E-state index contributed by atoms with van der Waals surface area (Å²) in [5, 5.41) is 19.7. The van der Waals surface area contributed by atoms with Crippen LogP contribution in [-0.2, 0) is 6.54 Å². The van der Waals surface area contributed by atoms with E-state index >= 15 is 0 Å². The van der Waals surface area contributed by atoms with Crippen LogP contribution in [0.15, 0.2) is 16.9 Å². The van der Waals surface area contributed by atoms with Crippen molar-refractivity contribution < 1.29 is 10.0 Å². The van der Waals surface area contributed by atoms with E-state index in [1.54, 1.807) is 4.90 Å². The number of aliphatic hydroxyl groups excluding tert-OH is 1. The van der Waals surface area contributed by atoms with Gasteiger partial charge in [0.2, 0.25) is 0 Å². The maximum absolute atomic E-state index is 11.5. The maximum atomic E-state index is 11.5. The molecule has 0 bridgehead atoms. The lowest BCUT2D eigenvalue weighted by Crippen LogP contribution is -2.25. The Labute approximate surface area is 90.7 Å². The third-order valence-electron chi connectivity index (χ3n) is 2.59.